The summed E-state index contributed by atoms with van der Waals surface area (Å²) in [4.78, 5) is 0. The van der Waals surface area contributed by atoms with Gasteiger partial charge in [0.25, 0.3) is 0 Å². The Morgan fingerprint density at radius 3 is 0.921 bits per heavy atom. The molecular weight excluding hydrogens is 979 g/mol. The molecule has 0 amide bonds. The zero-order valence-electron chi connectivity index (χ0n) is 38.5. The largest absolute Gasteiger partial charge is 0.573 e. The van der Waals surface area contributed by atoms with Gasteiger partial charge in [-0.05, 0) is 105 Å². The summed E-state index contributed by atoms with van der Waals surface area (Å²) in [5.74, 6) is -1.32. The molecule has 7 aromatic rings. The number of allylic oxidation sites excluding steroid dienone is 8. The SMILES string of the molecule is N#CC1=C(c2ccccc2)/C(=C(/C#N)c2cc(C#N)cc(C#N)c2)c2c1c(-c1ccc(OC(F)(F)F)cc1)c1c(c2-c2ccc(OC(F)(F)F)cc2)C(C#N)=C(c2ccccc2)/C1=C(/C#N)c1cc(C#N)cc(C#N)c1. The number of nitriles is 8. The lowest BCUT2D eigenvalue weighted by atomic mass is 9.77. The van der Waals surface area contributed by atoms with E-state index in [-0.39, 0.29) is 122 Å². The summed E-state index contributed by atoms with van der Waals surface area (Å²) >= 11 is 0. The molecule has 0 saturated heterocycles. The number of hydrogen-bond donors (Lipinski definition) is 0. The summed E-state index contributed by atoms with van der Waals surface area (Å²) in [6.07, 6.45) is -10.3. The molecule has 0 unspecified atom stereocenters. The third kappa shape index (κ3) is 8.98. The highest BCUT2D eigenvalue weighted by Crippen LogP contribution is 2.63. The first-order chi connectivity index (χ1) is 36.6. The fourth-order valence-corrected chi connectivity index (χ4v) is 9.57. The van der Waals surface area contributed by atoms with Crippen molar-refractivity contribution in [2.75, 3.05) is 0 Å². The maximum absolute atomic E-state index is 13.8. The smallest absolute Gasteiger partial charge is 0.406 e. The van der Waals surface area contributed by atoms with Crippen LogP contribution in [0.2, 0.25) is 0 Å². The first-order valence-corrected chi connectivity index (χ1v) is 22.2. The molecule has 9 rings (SSSR count). The quantitative estimate of drug-likeness (QED) is 0.104. The van der Waals surface area contributed by atoms with E-state index in [1.54, 1.807) is 60.7 Å². The van der Waals surface area contributed by atoms with Crippen LogP contribution in [0, 0.1) is 90.6 Å². The van der Waals surface area contributed by atoms with Gasteiger partial charge in [-0.1, -0.05) is 84.9 Å². The van der Waals surface area contributed by atoms with Gasteiger partial charge in [-0.15, -0.1) is 26.3 Å². The van der Waals surface area contributed by atoms with Crippen molar-refractivity contribution in [2.45, 2.75) is 12.7 Å². The predicted molar refractivity (Wildman–Crippen MR) is 265 cm³/mol. The highest BCUT2D eigenvalue weighted by Gasteiger charge is 2.44. The molecule has 7 aromatic carbocycles. The van der Waals surface area contributed by atoms with Crippen LogP contribution in [-0.2, 0) is 0 Å². The van der Waals surface area contributed by atoms with Crippen LogP contribution >= 0.6 is 0 Å². The number of benzene rings is 7. The van der Waals surface area contributed by atoms with Gasteiger partial charge in [0, 0.05) is 44.5 Å². The Bertz CT molecular complexity index is 3800. The lowest BCUT2D eigenvalue weighted by molar-refractivity contribution is -0.275. The highest BCUT2D eigenvalue weighted by molar-refractivity contribution is 6.39. The van der Waals surface area contributed by atoms with Crippen LogP contribution in [0.25, 0.3) is 66.8 Å². The predicted octanol–water partition coefficient (Wildman–Crippen LogP) is 14.1. The molecule has 0 atom stereocenters. The molecule has 16 heteroatoms. The molecule has 0 heterocycles. The van der Waals surface area contributed by atoms with E-state index in [1.165, 1.54) is 60.7 Å². The Hall–Kier alpha value is -11.4. The molecule has 76 heavy (non-hydrogen) atoms. The Kier molecular flexibility index (Phi) is 12.8. The van der Waals surface area contributed by atoms with Crippen LogP contribution in [0.4, 0.5) is 26.3 Å². The van der Waals surface area contributed by atoms with Crippen LogP contribution in [0.15, 0.2) is 146 Å². The van der Waals surface area contributed by atoms with Gasteiger partial charge in [0.15, 0.2) is 0 Å². The van der Waals surface area contributed by atoms with Crippen LogP contribution in [0.1, 0.15) is 66.8 Å². The fourth-order valence-electron chi connectivity index (χ4n) is 9.57. The van der Waals surface area contributed by atoms with E-state index in [4.69, 9.17) is 0 Å². The van der Waals surface area contributed by atoms with Gasteiger partial charge in [0.05, 0.1) is 68.8 Å². The molecule has 10 nitrogen and oxygen atoms in total. The number of halogens is 6. The Morgan fingerprint density at radius 2 is 0.658 bits per heavy atom. The van der Waals surface area contributed by atoms with E-state index in [2.05, 4.69) is 33.8 Å². The second-order valence-electron chi connectivity index (χ2n) is 16.6. The van der Waals surface area contributed by atoms with Gasteiger partial charge in [0.2, 0.25) is 0 Å². The van der Waals surface area contributed by atoms with E-state index >= 15 is 0 Å². The second kappa shape index (κ2) is 19.7. The van der Waals surface area contributed by atoms with Gasteiger partial charge in [-0.25, -0.2) is 0 Å². The van der Waals surface area contributed by atoms with E-state index in [9.17, 15) is 68.4 Å². The monoisotopic (exact) mass is 1000 g/mol. The van der Waals surface area contributed by atoms with Crippen molar-refractivity contribution in [1.29, 1.82) is 42.1 Å². The number of rotatable bonds is 8. The average molecular weight is 1000 g/mol. The van der Waals surface area contributed by atoms with Crippen LogP contribution < -0.4 is 9.47 Å². The van der Waals surface area contributed by atoms with Crippen molar-refractivity contribution in [3.05, 3.63) is 212 Å². The normalized spacial score (nSPS) is 13.8. The fraction of sp³-hybridized carbons (Fsp3) is 0.0333. The van der Waals surface area contributed by atoms with Crippen molar-refractivity contribution in [1.82, 2.24) is 0 Å². The maximum atomic E-state index is 13.8. The molecule has 2 aliphatic rings. The standard InChI is InChI=1S/C60H24F6N8O2/c61-59(62,63)75-43-15-11-39(12-16-43)51-55-47(31-73)49(37-7-3-1-4-8-37)53(45(29-71)41-21-33(25-67)19-34(22-41)26-68)57(55)52(40-13-17-44(18-14-40)76-60(64,65)66)56-48(32-74)50(38-9-5-2-6-10-38)54(58(51)56)46(30-72)42-23-35(27-69)20-36(24-42)28-70/h1-24H/b53-45+,54-46+. The lowest BCUT2D eigenvalue weighted by Gasteiger charge is -2.24. The molecule has 0 radical (unpaired) electrons. The lowest BCUT2D eigenvalue weighted by Crippen LogP contribution is -2.17. The molecule has 0 aliphatic heterocycles. The summed E-state index contributed by atoms with van der Waals surface area (Å²) in [5.41, 5.74) is -0.108. The number of alkyl halides is 6. The molecule has 0 bridgehead atoms. The van der Waals surface area contributed by atoms with Gasteiger partial charge < -0.3 is 9.47 Å². The maximum Gasteiger partial charge on any atom is 0.573 e. The molecule has 0 saturated carbocycles. The van der Waals surface area contributed by atoms with Crippen molar-refractivity contribution >= 4 is 44.6 Å². The molecule has 0 N–H and O–H groups in total. The number of nitrogens with zero attached hydrogens (tertiary/aromatic N) is 8. The minimum atomic E-state index is -5.14. The minimum Gasteiger partial charge on any atom is -0.406 e. The second-order valence-corrected chi connectivity index (χ2v) is 16.6. The first-order valence-electron chi connectivity index (χ1n) is 22.2. The number of ether oxygens (including phenoxy) is 2. The summed E-state index contributed by atoms with van der Waals surface area (Å²) in [7, 11) is 0. The zero-order chi connectivity index (χ0) is 54.1. The average Bonchev–Trinajstić information content (AvgIpc) is 4.12. The van der Waals surface area contributed by atoms with Crippen molar-refractivity contribution in [3.63, 3.8) is 0 Å². The van der Waals surface area contributed by atoms with Crippen LogP contribution in [0.5, 0.6) is 11.5 Å². The van der Waals surface area contributed by atoms with Crippen LogP contribution in [0.3, 0.4) is 0 Å². The van der Waals surface area contributed by atoms with E-state index in [0.717, 1.165) is 24.3 Å². The van der Waals surface area contributed by atoms with Crippen molar-refractivity contribution < 1.29 is 35.8 Å². The molecule has 358 valence electrons. The third-order valence-corrected chi connectivity index (χ3v) is 12.3. The number of fused-ring (bicyclic) bond motifs is 2. The minimum absolute atomic E-state index is 0.000145. The summed E-state index contributed by atoms with van der Waals surface area (Å²) < 4.78 is 91.0. The Balaban J connectivity index is 1.63. The highest BCUT2D eigenvalue weighted by atomic mass is 19.4. The van der Waals surface area contributed by atoms with Gasteiger partial charge in [0.1, 0.15) is 35.8 Å². The van der Waals surface area contributed by atoms with Crippen LogP contribution in [-0.4, -0.2) is 12.7 Å². The van der Waals surface area contributed by atoms with Gasteiger partial charge >= 0.3 is 12.7 Å². The molecule has 0 aromatic heterocycles. The zero-order valence-corrected chi connectivity index (χ0v) is 38.5. The number of hydrogen-bond acceptors (Lipinski definition) is 10. The Labute approximate surface area is 428 Å². The molecule has 0 fully saturated rings. The van der Waals surface area contributed by atoms with Crippen molar-refractivity contribution in [2.24, 2.45) is 0 Å². The Morgan fingerprint density at radius 1 is 0.342 bits per heavy atom. The van der Waals surface area contributed by atoms with E-state index < -0.39 is 24.2 Å². The molecule has 2 aliphatic carbocycles. The molecular formula is C60H24F6N8O2. The third-order valence-electron chi connectivity index (χ3n) is 12.3. The summed E-state index contributed by atoms with van der Waals surface area (Å²) in [5, 5.41) is 87.1. The summed E-state index contributed by atoms with van der Waals surface area (Å²) in [6.45, 7) is 0. The topological polar surface area (TPSA) is 209 Å². The first kappa shape index (κ1) is 49.6. The summed E-state index contributed by atoms with van der Waals surface area (Å²) in [6, 6.07) is 50.4. The van der Waals surface area contributed by atoms with E-state index in [0.29, 0.717) is 11.1 Å². The van der Waals surface area contributed by atoms with Gasteiger partial charge in [-0.2, -0.15) is 42.1 Å². The molecule has 0 spiro atoms. The van der Waals surface area contributed by atoms with Crippen molar-refractivity contribution in [3.8, 4) is 82.3 Å². The van der Waals surface area contributed by atoms with Gasteiger partial charge in [-0.3, -0.25) is 0 Å². The van der Waals surface area contributed by atoms with E-state index in [1.807, 2.05) is 24.3 Å².